The minimum Gasteiger partial charge on any atom is -0.388 e. The number of nitro benzene ring substituents is 1. The number of hydrogen-bond acceptors (Lipinski definition) is 5. The lowest BCUT2D eigenvalue weighted by molar-refractivity contribution is -0.387. The normalized spacial score (nSPS) is 15.2. The smallest absolute Gasteiger partial charge is 0.291 e. The Hall–Kier alpha value is -1.67. The molecule has 1 aliphatic rings. The molecule has 1 N–H and O–H groups in total. The largest absolute Gasteiger partial charge is 0.388 e. The molecule has 2 rings (SSSR count). The number of benzene rings is 1. The van der Waals surface area contributed by atoms with E-state index in [4.69, 9.17) is 0 Å². The van der Waals surface area contributed by atoms with Gasteiger partial charge in [0.1, 0.15) is 0 Å². The van der Waals surface area contributed by atoms with Gasteiger partial charge in [-0.25, -0.2) is 8.42 Å². The fourth-order valence-corrected chi connectivity index (χ4v) is 3.82. The summed E-state index contributed by atoms with van der Waals surface area (Å²) in [5.41, 5.74) is 0.113. The molecule has 1 aromatic carbocycles. The lowest BCUT2D eigenvalue weighted by Crippen LogP contribution is -2.33. The first-order valence-corrected chi connectivity index (χ1v) is 8.30. The molecular formula is C13H19N3O4S. The minimum atomic E-state index is -3.84. The molecule has 0 radical (unpaired) electrons. The van der Waals surface area contributed by atoms with Crippen LogP contribution in [0.5, 0.6) is 0 Å². The average Bonchev–Trinajstić information content (AvgIpc) is 3.27. The van der Waals surface area contributed by atoms with Crippen LogP contribution in [0.25, 0.3) is 0 Å². The molecule has 0 aromatic heterocycles. The third-order valence-electron chi connectivity index (χ3n) is 3.57. The molecule has 0 unspecified atom stereocenters. The van der Waals surface area contributed by atoms with Crippen LogP contribution < -0.4 is 5.32 Å². The van der Waals surface area contributed by atoms with Gasteiger partial charge in [0.15, 0.2) is 4.90 Å². The fourth-order valence-electron chi connectivity index (χ4n) is 2.16. The predicted molar refractivity (Wildman–Crippen MR) is 79.8 cm³/mol. The molecule has 8 heteroatoms. The van der Waals surface area contributed by atoms with E-state index in [1.165, 1.54) is 22.5 Å². The molecule has 0 heterocycles. The Morgan fingerprint density at radius 1 is 1.43 bits per heavy atom. The Morgan fingerprint density at radius 2 is 2.10 bits per heavy atom. The first-order chi connectivity index (χ1) is 9.90. The van der Waals surface area contributed by atoms with E-state index in [0.717, 1.165) is 12.8 Å². The molecule has 1 fully saturated rings. The molecule has 21 heavy (non-hydrogen) atoms. The Bertz CT molecular complexity index is 641. The lowest BCUT2D eigenvalue weighted by atomic mass is 10.3. The summed E-state index contributed by atoms with van der Waals surface area (Å²) >= 11 is 0. The summed E-state index contributed by atoms with van der Waals surface area (Å²) in [6.45, 7) is 2.49. The van der Waals surface area contributed by atoms with E-state index >= 15 is 0 Å². The Labute approximate surface area is 124 Å². The molecule has 0 amide bonds. The second-order valence-corrected chi connectivity index (χ2v) is 7.00. The number of nitrogens with zero attached hydrogens (tertiary/aromatic N) is 2. The van der Waals surface area contributed by atoms with E-state index in [1.54, 1.807) is 14.0 Å². The summed E-state index contributed by atoms with van der Waals surface area (Å²) < 4.78 is 26.6. The predicted octanol–water partition coefficient (Wildman–Crippen LogP) is 2.06. The summed E-state index contributed by atoms with van der Waals surface area (Å²) in [5, 5.41) is 14.0. The van der Waals surface area contributed by atoms with Crippen LogP contribution in [0.4, 0.5) is 11.4 Å². The molecule has 0 atom stereocenters. The first-order valence-electron chi connectivity index (χ1n) is 6.86. The molecule has 1 aromatic rings. The number of nitro groups is 1. The number of hydrogen-bond donors (Lipinski definition) is 1. The fraction of sp³-hybridized carbons (Fsp3) is 0.538. The zero-order chi connectivity index (χ0) is 15.6. The minimum absolute atomic E-state index is 0.242. The maximum atomic E-state index is 12.7. The van der Waals surface area contributed by atoms with Gasteiger partial charge >= 0.3 is 0 Å². The van der Waals surface area contributed by atoms with Crippen molar-refractivity contribution in [3.05, 3.63) is 28.3 Å². The van der Waals surface area contributed by atoms with E-state index in [-0.39, 0.29) is 4.90 Å². The van der Waals surface area contributed by atoms with E-state index in [0.29, 0.717) is 24.7 Å². The van der Waals surface area contributed by atoms with Crippen molar-refractivity contribution < 1.29 is 13.3 Å². The van der Waals surface area contributed by atoms with E-state index < -0.39 is 20.6 Å². The van der Waals surface area contributed by atoms with Crippen LogP contribution in [-0.2, 0) is 10.0 Å². The molecular weight excluding hydrogens is 294 g/mol. The highest BCUT2D eigenvalue weighted by molar-refractivity contribution is 7.89. The maximum Gasteiger partial charge on any atom is 0.291 e. The van der Waals surface area contributed by atoms with Gasteiger partial charge in [-0.3, -0.25) is 10.1 Å². The van der Waals surface area contributed by atoms with Gasteiger partial charge in [-0.1, -0.05) is 6.92 Å². The zero-order valence-corrected chi connectivity index (χ0v) is 12.9. The van der Waals surface area contributed by atoms with Crippen molar-refractivity contribution in [1.82, 2.24) is 4.31 Å². The molecule has 0 aliphatic heterocycles. The van der Waals surface area contributed by atoms with Crippen LogP contribution in [0.1, 0.15) is 19.8 Å². The second-order valence-electron chi connectivity index (χ2n) is 5.09. The van der Waals surface area contributed by atoms with Gasteiger partial charge in [-0.2, -0.15) is 4.31 Å². The van der Waals surface area contributed by atoms with Gasteiger partial charge in [-0.15, -0.1) is 0 Å². The molecule has 0 saturated heterocycles. The van der Waals surface area contributed by atoms with Crippen LogP contribution in [0, 0.1) is 16.0 Å². The van der Waals surface area contributed by atoms with Gasteiger partial charge in [-0.05, 0) is 30.9 Å². The van der Waals surface area contributed by atoms with Crippen LogP contribution in [0.2, 0.25) is 0 Å². The quantitative estimate of drug-likeness (QED) is 0.614. The number of anilines is 1. The van der Waals surface area contributed by atoms with E-state index in [1.807, 2.05) is 0 Å². The van der Waals surface area contributed by atoms with Gasteiger partial charge < -0.3 is 5.32 Å². The Morgan fingerprint density at radius 3 is 2.57 bits per heavy atom. The third kappa shape index (κ3) is 3.33. The highest BCUT2D eigenvalue weighted by Crippen LogP contribution is 2.34. The molecule has 0 bridgehead atoms. The van der Waals surface area contributed by atoms with Gasteiger partial charge in [0.25, 0.3) is 5.69 Å². The van der Waals surface area contributed by atoms with Gasteiger partial charge in [0, 0.05) is 31.9 Å². The summed E-state index contributed by atoms with van der Waals surface area (Å²) in [6, 6.07) is 4.08. The van der Waals surface area contributed by atoms with Crippen molar-refractivity contribution in [3.8, 4) is 0 Å². The van der Waals surface area contributed by atoms with Gasteiger partial charge in [0.05, 0.1) is 4.92 Å². The number of nitrogens with one attached hydrogen (secondary N) is 1. The number of rotatable bonds is 7. The molecule has 0 spiro atoms. The Kier molecular flexibility index (Phi) is 4.48. The third-order valence-corrected chi connectivity index (χ3v) is 5.56. The van der Waals surface area contributed by atoms with Crippen molar-refractivity contribution >= 4 is 21.4 Å². The van der Waals surface area contributed by atoms with Crippen LogP contribution >= 0.6 is 0 Å². The van der Waals surface area contributed by atoms with Crippen LogP contribution in [0.15, 0.2) is 23.1 Å². The highest BCUT2D eigenvalue weighted by Gasteiger charge is 2.34. The standard InChI is InChI=1S/C13H19N3O4S/c1-3-15(9-10-4-5-10)21(19,20)13-7-6-11(14-2)8-12(13)16(17)18/h6-8,10,14H,3-5,9H2,1-2H3. The topological polar surface area (TPSA) is 92.6 Å². The van der Waals surface area contributed by atoms with Crippen molar-refractivity contribution in [1.29, 1.82) is 0 Å². The second kappa shape index (κ2) is 5.98. The van der Waals surface area contributed by atoms with Crippen molar-refractivity contribution in [2.24, 2.45) is 5.92 Å². The van der Waals surface area contributed by atoms with Crippen molar-refractivity contribution in [3.63, 3.8) is 0 Å². The SMILES string of the molecule is CCN(CC1CC1)S(=O)(=O)c1ccc(NC)cc1[N+](=O)[O-]. The van der Waals surface area contributed by atoms with E-state index in [2.05, 4.69) is 5.32 Å². The summed E-state index contributed by atoms with van der Waals surface area (Å²) in [4.78, 5) is 10.3. The molecule has 116 valence electrons. The Balaban J connectivity index is 2.44. The van der Waals surface area contributed by atoms with Crippen LogP contribution in [0.3, 0.4) is 0 Å². The molecule has 1 saturated carbocycles. The number of sulfonamides is 1. The van der Waals surface area contributed by atoms with Gasteiger partial charge in [0.2, 0.25) is 10.0 Å². The van der Waals surface area contributed by atoms with Crippen molar-refractivity contribution in [2.45, 2.75) is 24.7 Å². The van der Waals surface area contributed by atoms with Crippen LogP contribution in [-0.4, -0.2) is 37.8 Å². The summed E-state index contributed by atoms with van der Waals surface area (Å²) in [6.07, 6.45) is 2.04. The summed E-state index contributed by atoms with van der Waals surface area (Å²) in [7, 11) is -2.22. The monoisotopic (exact) mass is 313 g/mol. The average molecular weight is 313 g/mol. The first kappa shape index (κ1) is 15.7. The summed E-state index contributed by atoms with van der Waals surface area (Å²) in [5.74, 6) is 0.385. The van der Waals surface area contributed by atoms with E-state index in [9.17, 15) is 18.5 Å². The molecule has 7 nitrogen and oxygen atoms in total. The molecule has 1 aliphatic carbocycles. The maximum absolute atomic E-state index is 12.7. The van der Waals surface area contributed by atoms with Crippen molar-refractivity contribution in [2.75, 3.05) is 25.5 Å². The lowest BCUT2D eigenvalue weighted by Gasteiger charge is -2.20. The highest BCUT2D eigenvalue weighted by atomic mass is 32.2. The zero-order valence-electron chi connectivity index (χ0n) is 12.1.